The average molecular weight is 458 g/mol. The van der Waals surface area contributed by atoms with Gasteiger partial charge in [0.05, 0.1) is 28.2 Å². The Hall–Kier alpha value is -4.09. The van der Waals surface area contributed by atoms with E-state index in [1.54, 1.807) is 12.3 Å². The van der Waals surface area contributed by atoms with Crippen LogP contribution in [0.25, 0.3) is 32.9 Å². The summed E-state index contributed by atoms with van der Waals surface area (Å²) in [5.41, 5.74) is 12.7. The van der Waals surface area contributed by atoms with Gasteiger partial charge < -0.3 is 21.1 Å². The van der Waals surface area contributed by atoms with Crippen LogP contribution in [0.15, 0.2) is 30.7 Å². The number of alkyl halides is 3. The highest BCUT2D eigenvalue weighted by Gasteiger charge is 2.49. The number of hydrogen-bond donors (Lipinski definition) is 5. The molecule has 3 aromatic heterocycles. The van der Waals surface area contributed by atoms with Gasteiger partial charge in [-0.3, -0.25) is 10.5 Å². The summed E-state index contributed by atoms with van der Waals surface area (Å²) in [5.74, 6) is -1.34. The van der Waals surface area contributed by atoms with Crippen LogP contribution in [0.3, 0.4) is 0 Å². The van der Waals surface area contributed by atoms with Crippen molar-refractivity contribution < 1.29 is 28.1 Å². The summed E-state index contributed by atoms with van der Waals surface area (Å²) in [6.07, 6.45) is 0.607. The van der Waals surface area contributed by atoms with Crippen LogP contribution in [0.2, 0.25) is 0 Å². The van der Waals surface area contributed by atoms with E-state index in [1.807, 2.05) is 0 Å². The molecule has 33 heavy (non-hydrogen) atoms. The first-order chi connectivity index (χ1) is 15.6. The van der Waals surface area contributed by atoms with Gasteiger partial charge in [0, 0.05) is 22.7 Å². The maximum atomic E-state index is 13.6. The van der Waals surface area contributed by atoms with E-state index in [0.29, 0.717) is 34.9 Å². The number of aromatic amines is 2. The topological polar surface area (TPSA) is 157 Å². The minimum absolute atomic E-state index is 0.0188. The summed E-state index contributed by atoms with van der Waals surface area (Å²) in [6, 6.07) is 1.22. The normalized spacial score (nSPS) is 15.1. The molecule has 12 heteroatoms. The first-order valence-corrected chi connectivity index (χ1v) is 10.1. The summed E-state index contributed by atoms with van der Waals surface area (Å²) in [7, 11) is 0. The number of phenolic OH excluding ortho intramolecular Hbond substituents is 1. The molecule has 0 radical (unpaired) electrons. The minimum atomic E-state index is -4.47. The monoisotopic (exact) mass is 458 g/mol. The van der Waals surface area contributed by atoms with Crippen molar-refractivity contribution in [3.05, 3.63) is 36.3 Å². The Labute approximate surface area is 184 Å². The fourth-order valence-electron chi connectivity index (χ4n) is 4.02. The van der Waals surface area contributed by atoms with E-state index in [4.69, 9.17) is 11.5 Å². The van der Waals surface area contributed by atoms with E-state index in [1.165, 1.54) is 12.3 Å². The Morgan fingerprint density at radius 1 is 1.27 bits per heavy atom. The second-order valence-corrected chi connectivity index (χ2v) is 8.06. The van der Waals surface area contributed by atoms with Crippen LogP contribution < -0.4 is 21.8 Å². The molecular formula is C21H19F3N7O2+. The molecule has 1 amide bonds. The first kappa shape index (κ1) is 20.8. The maximum absolute atomic E-state index is 13.6. The highest BCUT2D eigenvalue weighted by Crippen LogP contribution is 2.44. The number of hydrogen-bond acceptors (Lipinski definition) is 6. The number of pyridine rings is 1. The fraction of sp³-hybridized carbons (Fsp3) is 0.238. The third kappa shape index (κ3) is 3.62. The third-order valence-electron chi connectivity index (χ3n) is 5.78. The van der Waals surface area contributed by atoms with Crippen LogP contribution in [-0.2, 0) is 0 Å². The zero-order valence-corrected chi connectivity index (χ0v) is 17.0. The number of carbonyl (C=O) groups excluding carboxylic acids is 1. The van der Waals surface area contributed by atoms with Crippen molar-refractivity contribution in [2.24, 2.45) is 11.7 Å². The molecule has 0 bridgehead atoms. The number of nitrogens with one attached hydrogen (secondary N) is 3. The van der Waals surface area contributed by atoms with Gasteiger partial charge in [-0.15, -0.1) is 0 Å². The number of benzene rings is 1. The minimum Gasteiger partial charge on any atom is -0.507 e. The fourth-order valence-corrected chi connectivity index (χ4v) is 4.02. The lowest BCUT2D eigenvalue weighted by molar-refractivity contribution is -0.363. The van der Waals surface area contributed by atoms with Gasteiger partial charge in [-0.2, -0.15) is 13.2 Å². The second-order valence-electron chi connectivity index (χ2n) is 8.06. The van der Waals surface area contributed by atoms with E-state index in [9.17, 15) is 23.1 Å². The molecule has 8 N–H and O–H groups in total. The molecule has 5 rings (SSSR count). The molecule has 3 heterocycles. The van der Waals surface area contributed by atoms with Crippen LogP contribution in [0.4, 0.5) is 24.9 Å². The molecule has 0 saturated heterocycles. The molecule has 1 fully saturated rings. The van der Waals surface area contributed by atoms with Crippen molar-refractivity contribution in [1.29, 1.82) is 0 Å². The van der Waals surface area contributed by atoms with Crippen molar-refractivity contribution in [2.75, 3.05) is 11.1 Å². The quantitative estimate of drug-likeness (QED) is 0.309. The van der Waals surface area contributed by atoms with E-state index >= 15 is 0 Å². The van der Waals surface area contributed by atoms with Gasteiger partial charge in [-0.25, -0.2) is 9.97 Å². The van der Waals surface area contributed by atoms with Crippen molar-refractivity contribution in [3.63, 3.8) is 0 Å². The summed E-state index contributed by atoms with van der Waals surface area (Å²) in [6.45, 7) is 0. The van der Waals surface area contributed by atoms with Crippen LogP contribution in [0.1, 0.15) is 23.2 Å². The Morgan fingerprint density at radius 2 is 2.03 bits per heavy atom. The molecule has 1 aromatic carbocycles. The molecule has 1 atom stereocenters. The number of aromatic nitrogens is 4. The molecule has 0 aliphatic heterocycles. The smallest absolute Gasteiger partial charge is 0.408 e. The van der Waals surface area contributed by atoms with Gasteiger partial charge in [0.25, 0.3) is 5.91 Å². The third-order valence-corrected chi connectivity index (χ3v) is 5.78. The summed E-state index contributed by atoms with van der Waals surface area (Å²) >= 11 is 0. The first-order valence-electron chi connectivity index (χ1n) is 10.1. The summed E-state index contributed by atoms with van der Waals surface area (Å²) in [4.78, 5) is 25.8. The van der Waals surface area contributed by atoms with E-state index in [2.05, 4.69) is 25.3 Å². The van der Waals surface area contributed by atoms with Crippen molar-refractivity contribution in [3.8, 4) is 16.9 Å². The number of nitrogens with zero attached hydrogens (tertiary/aromatic N) is 2. The standard InChI is InChI=1S/C21H18F3N7O2/c22-21(23,24)17(8-1-2-8)31-19-15-11-4-14(32)10(9-5-28-20(26)29-6-9)3-13(11)30-16(15)12(7-27-19)18(25)33/h3-8,17,30,32H,1-2H2,(H2,25,33)(H,27,31)(H2,26,28,29)/p+1/t17-/m1/s1. The number of rotatable bonds is 5. The average Bonchev–Trinajstić information content (AvgIpc) is 3.51. The van der Waals surface area contributed by atoms with Gasteiger partial charge >= 0.3 is 12.1 Å². The predicted octanol–water partition coefficient (Wildman–Crippen LogP) is 2.73. The van der Waals surface area contributed by atoms with Gasteiger partial charge in [0.15, 0.2) is 0 Å². The number of nitrogen functional groups attached to an aromatic ring is 1. The van der Waals surface area contributed by atoms with Gasteiger partial charge in [-0.1, -0.05) is 4.98 Å². The highest BCUT2D eigenvalue weighted by molar-refractivity contribution is 6.19. The van der Waals surface area contributed by atoms with Crippen LogP contribution in [-0.4, -0.2) is 38.2 Å². The zero-order chi connectivity index (χ0) is 23.5. The maximum Gasteiger partial charge on any atom is 0.408 e. The molecule has 9 nitrogen and oxygen atoms in total. The number of H-pyrrole nitrogens is 2. The molecular weight excluding hydrogens is 439 g/mol. The number of amides is 1. The Morgan fingerprint density at radius 3 is 2.64 bits per heavy atom. The van der Waals surface area contributed by atoms with Crippen molar-refractivity contribution >= 4 is 39.5 Å². The molecule has 4 aromatic rings. The molecule has 0 spiro atoms. The lowest BCUT2D eigenvalue weighted by Crippen LogP contribution is -2.38. The van der Waals surface area contributed by atoms with Crippen LogP contribution >= 0.6 is 0 Å². The number of primary amides is 1. The van der Waals surface area contributed by atoms with E-state index < -0.39 is 24.0 Å². The van der Waals surface area contributed by atoms with Crippen molar-refractivity contribution in [2.45, 2.75) is 25.1 Å². The van der Waals surface area contributed by atoms with Gasteiger partial charge in [0.2, 0.25) is 0 Å². The largest absolute Gasteiger partial charge is 0.507 e. The number of halogens is 3. The number of anilines is 2. The highest BCUT2D eigenvalue weighted by atomic mass is 19.4. The van der Waals surface area contributed by atoms with E-state index in [-0.39, 0.29) is 34.0 Å². The molecule has 1 aliphatic rings. The number of nitrogens with two attached hydrogens (primary N) is 2. The van der Waals surface area contributed by atoms with Gasteiger partial charge in [0.1, 0.15) is 23.8 Å². The lowest BCUT2D eigenvalue weighted by atomic mass is 10.0. The molecule has 1 saturated carbocycles. The number of phenols is 1. The molecule has 1 aliphatic carbocycles. The summed E-state index contributed by atoms with van der Waals surface area (Å²) in [5, 5.41) is 13.8. The number of carbonyl (C=O) groups is 1. The second kappa shape index (κ2) is 7.22. The van der Waals surface area contributed by atoms with Crippen LogP contribution in [0.5, 0.6) is 5.75 Å². The lowest BCUT2D eigenvalue weighted by Gasteiger charge is -2.22. The van der Waals surface area contributed by atoms with Gasteiger partial charge in [-0.05, 0) is 30.9 Å². The molecule has 170 valence electrons. The molecule has 0 unspecified atom stereocenters. The Kier molecular flexibility index (Phi) is 4.55. The zero-order valence-electron chi connectivity index (χ0n) is 17.0. The summed E-state index contributed by atoms with van der Waals surface area (Å²) < 4.78 is 40.9. The Balaban J connectivity index is 1.72. The van der Waals surface area contributed by atoms with Crippen molar-refractivity contribution in [1.82, 2.24) is 15.0 Å². The Bertz CT molecular complexity index is 1400. The van der Waals surface area contributed by atoms with Crippen LogP contribution in [0, 0.1) is 5.92 Å². The number of aromatic hydroxyl groups is 1. The predicted molar refractivity (Wildman–Crippen MR) is 114 cm³/mol. The SMILES string of the molecule is NC(=O)c1cnc(N[C@H](C2CC2)C(F)(F)F)c2c1[nH]c1cc(-c3cnc(N)[nH+]c3)c(O)cc12. The number of fused-ring (bicyclic) bond motifs is 3. The van der Waals surface area contributed by atoms with E-state index in [0.717, 1.165) is 6.20 Å².